The van der Waals surface area contributed by atoms with E-state index in [4.69, 9.17) is 14.2 Å². The first-order valence-electron chi connectivity index (χ1n) is 9.52. The van der Waals surface area contributed by atoms with Crippen molar-refractivity contribution in [2.45, 2.75) is 71.8 Å². The molecule has 0 spiro atoms. The van der Waals surface area contributed by atoms with E-state index in [-0.39, 0.29) is 26.2 Å². The summed E-state index contributed by atoms with van der Waals surface area (Å²) in [5, 5.41) is 10.9. The second kappa shape index (κ2) is 13.2. The molecular formula is C19H32O8. The van der Waals surface area contributed by atoms with Crippen LogP contribution in [0.3, 0.4) is 0 Å². The summed E-state index contributed by atoms with van der Waals surface area (Å²) in [6, 6.07) is 0. The van der Waals surface area contributed by atoms with Gasteiger partial charge in [-0.15, -0.1) is 0 Å². The van der Waals surface area contributed by atoms with Gasteiger partial charge in [-0.2, -0.15) is 0 Å². The van der Waals surface area contributed by atoms with E-state index in [1.165, 1.54) is 13.8 Å². The minimum absolute atomic E-state index is 0.0198. The average molecular weight is 388 g/mol. The predicted octanol–water partition coefficient (Wildman–Crippen LogP) is 1.95. The fourth-order valence-corrected chi connectivity index (χ4v) is 2.67. The van der Waals surface area contributed by atoms with E-state index < -0.39 is 41.6 Å². The first-order chi connectivity index (χ1) is 12.8. The van der Waals surface area contributed by atoms with Crippen LogP contribution in [0.2, 0.25) is 0 Å². The molecule has 0 radical (unpaired) electrons. The van der Waals surface area contributed by atoms with E-state index in [1.807, 2.05) is 6.92 Å². The molecule has 1 N–H and O–H groups in total. The maximum atomic E-state index is 12.7. The lowest BCUT2D eigenvalue weighted by Gasteiger charge is -2.30. The number of carbonyl (C=O) groups excluding carboxylic acids is 4. The van der Waals surface area contributed by atoms with Gasteiger partial charge in [0.25, 0.3) is 0 Å². The Labute approximate surface area is 160 Å². The van der Waals surface area contributed by atoms with Gasteiger partial charge in [-0.3, -0.25) is 14.4 Å². The summed E-state index contributed by atoms with van der Waals surface area (Å²) in [6.07, 6.45) is 2.26. The number of hydrogen-bond donors (Lipinski definition) is 1. The smallest absolute Gasteiger partial charge is 0.340 e. The van der Waals surface area contributed by atoms with Gasteiger partial charge in [-0.1, -0.05) is 26.2 Å². The second-order valence-electron chi connectivity index (χ2n) is 6.09. The molecule has 8 heteroatoms. The second-order valence-corrected chi connectivity index (χ2v) is 6.09. The molecule has 0 aliphatic carbocycles. The first kappa shape index (κ1) is 25.0. The van der Waals surface area contributed by atoms with Crippen LogP contribution in [0.1, 0.15) is 66.2 Å². The van der Waals surface area contributed by atoms with E-state index in [0.717, 1.165) is 19.3 Å². The third-order valence-corrected chi connectivity index (χ3v) is 3.95. The Morgan fingerprint density at radius 2 is 1.44 bits per heavy atom. The zero-order valence-corrected chi connectivity index (χ0v) is 16.7. The van der Waals surface area contributed by atoms with Crippen molar-refractivity contribution >= 4 is 23.7 Å². The monoisotopic (exact) mass is 388 g/mol. The van der Waals surface area contributed by atoms with Gasteiger partial charge in [0, 0.05) is 6.42 Å². The summed E-state index contributed by atoms with van der Waals surface area (Å²) in [6.45, 7) is 6.50. The molecule has 0 saturated carbocycles. The van der Waals surface area contributed by atoms with Crippen LogP contribution in [0.5, 0.6) is 0 Å². The zero-order valence-electron chi connectivity index (χ0n) is 16.7. The Kier molecular flexibility index (Phi) is 12.3. The highest BCUT2D eigenvalue weighted by molar-refractivity contribution is 6.06. The molecule has 0 saturated heterocycles. The number of ketones is 1. The number of aliphatic hydroxyl groups is 1. The van der Waals surface area contributed by atoms with Gasteiger partial charge in [0.05, 0.1) is 26.2 Å². The predicted molar refractivity (Wildman–Crippen MR) is 96.7 cm³/mol. The normalized spacial score (nSPS) is 14.0. The largest absolute Gasteiger partial charge is 0.466 e. The standard InChI is InChI=1S/C19H32O8/c1-5-9-10-11-12-14(20)16(17(22)26-7-3)19(24,18(23)27-8-4)13-15(21)25-6-2/h16,24H,5-13H2,1-4H3. The topological polar surface area (TPSA) is 116 Å². The quantitative estimate of drug-likeness (QED) is 0.208. The summed E-state index contributed by atoms with van der Waals surface area (Å²) < 4.78 is 14.5. The summed E-state index contributed by atoms with van der Waals surface area (Å²) in [5.74, 6) is -5.70. The Hall–Kier alpha value is -1.96. The van der Waals surface area contributed by atoms with Crippen LogP contribution >= 0.6 is 0 Å². The fraction of sp³-hybridized carbons (Fsp3) is 0.789. The van der Waals surface area contributed by atoms with Crippen molar-refractivity contribution in [1.29, 1.82) is 0 Å². The van der Waals surface area contributed by atoms with Gasteiger partial charge in [-0.25, -0.2) is 4.79 Å². The molecule has 27 heavy (non-hydrogen) atoms. The molecule has 2 atom stereocenters. The summed E-state index contributed by atoms with van der Waals surface area (Å²) >= 11 is 0. The highest BCUT2D eigenvalue weighted by Crippen LogP contribution is 2.29. The van der Waals surface area contributed by atoms with E-state index in [1.54, 1.807) is 6.92 Å². The molecule has 0 aromatic heterocycles. The molecule has 0 aromatic carbocycles. The van der Waals surface area contributed by atoms with Crippen LogP contribution in [0.4, 0.5) is 0 Å². The van der Waals surface area contributed by atoms with Crippen molar-refractivity contribution in [3.8, 4) is 0 Å². The number of Topliss-reactive ketones (excluding diaryl/α,β-unsaturated/α-hetero) is 1. The molecule has 8 nitrogen and oxygen atoms in total. The third-order valence-electron chi connectivity index (χ3n) is 3.95. The van der Waals surface area contributed by atoms with Crippen LogP contribution in [0.15, 0.2) is 0 Å². The molecule has 2 unspecified atom stereocenters. The van der Waals surface area contributed by atoms with Crippen molar-refractivity contribution in [3.05, 3.63) is 0 Å². The van der Waals surface area contributed by atoms with Crippen molar-refractivity contribution in [2.24, 2.45) is 5.92 Å². The Morgan fingerprint density at radius 3 is 1.96 bits per heavy atom. The zero-order chi connectivity index (χ0) is 20.9. The van der Waals surface area contributed by atoms with Crippen molar-refractivity contribution < 1.29 is 38.5 Å². The van der Waals surface area contributed by atoms with Gasteiger partial charge in [0.2, 0.25) is 0 Å². The Bertz CT molecular complexity index is 502. The highest BCUT2D eigenvalue weighted by atomic mass is 16.6. The first-order valence-corrected chi connectivity index (χ1v) is 9.52. The van der Waals surface area contributed by atoms with E-state index >= 15 is 0 Å². The number of unbranched alkanes of at least 4 members (excludes halogenated alkanes) is 3. The van der Waals surface area contributed by atoms with Gasteiger partial charge in [0.1, 0.15) is 0 Å². The Balaban J connectivity index is 5.73. The van der Waals surface area contributed by atoms with Crippen molar-refractivity contribution in [3.63, 3.8) is 0 Å². The van der Waals surface area contributed by atoms with E-state index in [9.17, 15) is 24.3 Å². The number of carbonyl (C=O) groups is 4. The van der Waals surface area contributed by atoms with Crippen LogP contribution in [0, 0.1) is 5.92 Å². The minimum atomic E-state index is -2.67. The molecule has 0 bridgehead atoms. The van der Waals surface area contributed by atoms with Crippen LogP contribution in [-0.2, 0) is 33.4 Å². The Morgan fingerprint density at radius 1 is 0.852 bits per heavy atom. The molecule has 156 valence electrons. The third kappa shape index (κ3) is 8.07. The number of hydrogen-bond acceptors (Lipinski definition) is 8. The lowest BCUT2D eigenvalue weighted by Crippen LogP contribution is -2.55. The van der Waals surface area contributed by atoms with E-state index in [2.05, 4.69) is 0 Å². The summed E-state index contributed by atoms with van der Waals surface area (Å²) in [5.41, 5.74) is -2.67. The maximum absolute atomic E-state index is 12.7. The average Bonchev–Trinajstić information content (AvgIpc) is 2.59. The number of esters is 3. The highest BCUT2D eigenvalue weighted by Gasteiger charge is 2.55. The number of ether oxygens (including phenoxy) is 3. The fourth-order valence-electron chi connectivity index (χ4n) is 2.67. The molecule has 0 heterocycles. The number of rotatable bonds is 14. The van der Waals surface area contributed by atoms with Gasteiger partial charge in [-0.05, 0) is 27.2 Å². The van der Waals surface area contributed by atoms with Gasteiger partial charge < -0.3 is 19.3 Å². The molecule has 0 aliphatic rings. The van der Waals surface area contributed by atoms with Gasteiger partial charge in [0.15, 0.2) is 17.3 Å². The summed E-state index contributed by atoms with van der Waals surface area (Å²) in [7, 11) is 0. The maximum Gasteiger partial charge on any atom is 0.340 e. The molecule has 0 fully saturated rings. The molecule has 0 rings (SSSR count). The van der Waals surface area contributed by atoms with Crippen LogP contribution < -0.4 is 0 Å². The van der Waals surface area contributed by atoms with E-state index in [0.29, 0.717) is 6.42 Å². The molecule has 0 amide bonds. The van der Waals surface area contributed by atoms with Crippen LogP contribution in [-0.4, -0.2) is 54.2 Å². The summed E-state index contributed by atoms with van der Waals surface area (Å²) in [4.78, 5) is 49.4. The molecular weight excluding hydrogens is 356 g/mol. The van der Waals surface area contributed by atoms with Crippen molar-refractivity contribution in [2.75, 3.05) is 19.8 Å². The molecule has 0 aromatic rings. The van der Waals surface area contributed by atoms with Crippen LogP contribution in [0.25, 0.3) is 0 Å². The van der Waals surface area contributed by atoms with Crippen molar-refractivity contribution in [1.82, 2.24) is 0 Å². The molecule has 0 aliphatic heterocycles. The lowest BCUT2D eigenvalue weighted by atomic mass is 9.80. The minimum Gasteiger partial charge on any atom is -0.466 e. The van der Waals surface area contributed by atoms with Gasteiger partial charge >= 0.3 is 17.9 Å². The SMILES string of the molecule is CCCCCCC(=O)C(C(=O)OCC)C(O)(CC(=O)OCC)C(=O)OCC. The lowest BCUT2D eigenvalue weighted by molar-refractivity contribution is -0.187.